The molecule has 3 aromatic rings. The molecule has 1 saturated heterocycles. The van der Waals surface area contributed by atoms with Crippen molar-refractivity contribution in [1.29, 1.82) is 0 Å². The average Bonchev–Trinajstić information content (AvgIpc) is 2.80. The van der Waals surface area contributed by atoms with Crippen LogP contribution >= 0.6 is 0 Å². The lowest BCUT2D eigenvalue weighted by atomic mass is 9.85. The van der Waals surface area contributed by atoms with Crippen molar-refractivity contribution in [2.24, 2.45) is 0 Å². The topological polar surface area (TPSA) is 29.5 Å². The number of nitrogens with zero attached hydrogens (tertiary/aromatic N) is 1. The van der Waals surface area contributed by atoms with Crippen LogP contribution in [0.2, 0.25) is 0 Å². The van der Waals surface area contributed by atoms with Crippen molar-refractivity contribution in [3.8, 4) is 11.1 Å². The van der Waals surface area contributed by atoms with Crippen molar-refractivity contribution >= 4 is 6.09 Å². The maximum Gasteiger partial charge on any atom is 0.411 e. The molecule has 0 radical (unpaired) electrons. The van der Waals surface area contributed by atoms with Gasteiger partial charge in [-0.15, -0.1) is 6.58 Å². The number of carbonyl (C=O) groups is 1. The molecule has 0 unspecified atom stereocenters. The van der Waals surface area contributed by atoms with Gasteiger partial charge in [0.05, 0.1) is 6.04 Å². The summed E-state index contributed by atoms with van der Waals surface area (Å²) >= 11 is 0. The van der Waals surface area contributed by atoms with Gasteiger partial charge in [-0.3, -0.25) is 0 Å². The summed E-state index contributed by atoms with van der Waals surface area (Å²) in [7, 11) is 0. The molecule has 0 saturated carbocycles. The lowest BCUT2D eigenvalue weighted by molar-refractivity contribution is -0.0589. The minimum Gasteiger partial charge on any atom is -0.437 e. The maximum atomic E-state index is 14.9. The molecular formula is C27H24F3NO2. The van der Waals surface area contributed by atoms with E-state index >= 15 is 0 Å². The zero-order valence-corrected chi connectivity index (χ0v) is 18.2. The molecule has 3 nitrogen and oxygen atoms in total. The summed E-state index contributed by atoms with van der Waals surface area (Å²) < 4.78 is 47.3. The fourth-order valence-corrected chi connectivity index (χ4v) is 4.31. The predicted molar refractivity (Wildman–Crippen MR) is 121 cm³/mol. The van der Waals surface area contributed by atoms with Gasteiger partial charge in [0.15, 0.2) is 0 Å². The van der Waals surface area contributed by atoms with Crippen LogP contribution in [0.3, 0.4) is 0 Å². The van der Waals surface area contributed by atoms with E-state index in [9.17, 15) is 18.0 Å². The highest BCUT2D eigenvalue weighted by atomic mass is 19.1. The van der Waals surface area contributed by atoms with Gasteiger partial charge in [0.25, 0.3) is 0 Å². The van der Waals surface area contributed by atoms with Crippen molar-refractivity contribution in [3.05, 3.63) is 108 Å². The third kappa shape index (κ3) is 4.51. The van der Waals surface area contributed by atoms with Crippen molar-refractivity contribution < 1.29 is 22.7 Å². The summed E-state index contributed by atoms with van der Waals surface area (Å²) in [6.07, 6.45) is 2.03. The van der Waals surface area contributed by atoms with Crippen LogP contribution in [-0.2, 0) is 10.3 Å². The van der Waals surface area contributed by atoms with Crippen LogP contribution in [-0.4, -0.2) is 17.5 Å². The maximum absolute atomic E-state index is 14.9. The lowest BCUT2D eigenvalue weighted by Gasteiger charge is -2.43. The minimum atomic E-state index is -0.916. The summed E-state index contributed by atoms with van der Waals surface area (Å²) in [6.45, 7) is 5.97. The molecule has 0 aromatic heterocycles. The second-order valence-electron chi connectivity index (χ2n) is 8.23. The summed E-state index contributed by atoms with van der Waals surface area (Å²) in [5.41, 5.74) is 1.33. The first-order chi connectivity index (χ1) is 15.8. The van der Waals surface area contributed by atoms with Crippen LogP contribution in [0.4, 0.5) is 18.0 Å². The van der Waals surface area contributed by atoms with E-state index in [2.05, 4.69) is 6.58 Å². The number of hydrogen-bond acceptors (Lipinski definition) is 2. The molecule has 6 heteroatoms. The molecule has 0 bridgehead atoms. The molecule has 1 fully saturated rings. The van der Waals surface area contributed by atoms with Gasteiger partial charge in [-0.1, -0.05) is 42.5 Å². The zero-order chi connectivity index (χ0) is 23.6. The Morgan fingerprint density at radius 2 is 1.67 bits per heavy atom. The Labute approximate surface area is 191 Å². The standard InChI is InChI=1S/C27H24F3NO2/c1-3-14-27(21-7-11-23(29)12-8-21)15-16-31(26(32)33-27)18(2)20-6-13-24(25(30)17-20)19-4-9-22(28)10-5-19/h3-13,17-18H,1,14-16H2,2H3/t18-,27+/m0/s1. The summed E-state index contributed by atoms with van der Waals surface area (Å²) in [6, 6.07) is 15.9. The van der Waals surface area contributed by atoms with Crippen LogP contribution in [0.15, 0.2) is 79.4 Å². The molecule has 33 heavy (non-hydrogen) atoms. The molecule has 0 spiro atoms. The number of hydrogen-bond donors (Lipinski definition) is 0. The van der Waals surface area contributed by atoms with Crippen LogP contribution in [0, 0.1) is 17.5 Å². The Morgan fingerprint density at radius 1 is 1.03 bits per heavy atom. The van der Waals surface area contributed by atoms with Gasteiger partial charge in [-0.25, -0.2) is 18.0 Å². The summed E-state index contributed by atoms with van der Waals surface area (Å²) in [5, 5.41) is 0. The van der Waals surface area contributed by atoms with Crippen LogP contribution in [0.1, 0.15) is 36.9 Å². The van der Waals surface area contributed by atoms with Gasteiger partial charge >= 0.3 is 6.09 Å². The SMILES string of the molecule is C=CC[C@]1(c2ccc(F)cc2)CCN([C@@H](C)c2ccc(-c3ccc(F)cc3)c(F)c2)C(=O)O1. The molecule has 2 atom stereocenters. The Hall–Kier alpha value is -3.54. The number of amides is 1. The predicted octanol–water partition coefficient (Wildman–Crippen LogP) is 7.15. The van der Waals surface area contributed by atoms with E-state index in [1.165, 1.54) is 42.5 Å². The van der Waals surface area contributed by atoms with Crippen molar-refractivity contribution in [2.75, 3.05) is 6.54 Å². The first-order valence-corrected chi connectivity index (χ1v) is 10.7. The van der Waals surface area contributed by atoms with Crippen LogP contribution in [0.25, 0.3) is 11.1 Å². The minimum absolute atomic E-state index is 0.355. The van der Waals surface area contributed by atoms with Gasteiger partial charge in [0.1, 0.15) is 23.1 Å². The average molecular weight is 451 g/mol. The van der Waals surface area contributed by atoms with E-state index < -0.39 is 23.6 Å². The van der Waals surface area contributed by atoms with E-state index in [-0.39, 0.29) is 11.6 Å². The van der Waals surface area contributed by atoms with E-state index in [0.717, 1.165) is 0 Å². The van der Waals surface area contributed by atoms with Gasteiger partial charge < -0.3 is 9.64 Å². The van der Waals surface area contributed by atoms with Crippen molar-refractivity contribution in [2.45, 2.75) is 31.4 Å². The smallest absolute Gasteiger partial charge is 0.411 e. The van der Waals surface area contributed by atoms with E-state index in [1.54, 1.807) is 35.2 Å². The Bertz CT molecular complexity index is 1160. The number of rotatable bonds is 6. The van der Waals surface area contributed by atoms with Gasteiger partial charge in [0.2, 0.25) is 0 Å². The number of carbonyl (C=O) groups excluding carboxylic acids is 1. The quantitative estimate of drug-likeness (QED) is 0.373. The van der Waals surface area contributed by atoms with E-state index in [4.69, 9.17) is 4.74 Å². The Morgan fingerprint density at radius 3 is 2.24 bits per heavy atom. The summed E-state index contributed by atoms with van der Waals surface area (Å²) in [5.74, 6) is -1.21. The van der Waals surface area contributed by atoms with Crippen LogP contribution in [0.5, 0.6) is 0 Å². The number of halogens is 3. The number of benzene rings is 3. The highest BCUT2D eigenvalue weighted by Gasteiger charge is 2.42. The fourth-order valence-electron chi connectivity index (χ4n) is 4.31. The first-order valence-electron chi connectivity index (χ1n) is 10.7. The monoisotopic (exact) mass is 451 g/mol. The third-order valence-corrected chi connectivity index (χ3v) is 6.22. The summed E-state index contributed by atoms with van der Waals surface area (Å²) in [4.78, 5) is 14.6. The number of ether oxygens (including phenoxy) is 1. The van der Waals surface area contributed by atoms with Gasteiger partial charge in [0, 0.05) is 24.9 Å². The largest absolute Gasteiger partial charge is 0.437 e. The first kappa shape index (κ1) is 22.6. The molecule has 170 valence electrons. The fraction of sp³-hybridized carbons (Fsp3) is 0.222. The second kappa shape index (κ2) is 9.14. The van der Waals surface area contributed by atoms with E-state index in [0.29, 0.717) is 41.6 Å². The molecule has 1 heterocycles. The third-order valence-electron chi connectivity index (χ3n) is 6.22. The molecule has 1 amide bonds. The number of cyclic esters (lactones) is 1. The van der Waals surface area contributed by atoms with Gasteiger partial charge in [-0.05, 0) is 53.9 Å². The van der Waals surface area contributed by atoms with Crippen molar-refractivity contribution in [3.63, 3.8) is 0 Å². The van der Waals surface area contributed by atoms with Crippen molar-refractivity contribution in [1.82, 2.24) is 4.90 Å². The molecular weight excluding hydrogens is 427 g/mol. The Balaban J connectivity index is 1.55. The Kier molecular flexibility index (Phi) is 6.27. The molecule has 1 aliphatic rings. The van der Waals surface area contributed by atoms with Gasteiger partial charge in [-0.2, -0.15) is 0 Å². The highest BCUT2D eigenvalue weighted by molar-refractivity contribution is 5.70. The molecule has 3 aromatic carbocycles. The molecule has 4 rings (SSSR count). The zero-order valence-electron chi connectivity index (χ0n) is 18.2. The van der Waals surface area contributed by atoms with E-state index in [1.807, 2.05) is 6.92 Å². The lowest BCUT2D eigenvalue weighted by Crippen LogP contribution is -2.48. The molecule has 1 aliphatic heterocycles. The van der Waals surface area contributed by atoms with Crippen LogP contribution < -0.4 is 0 Å². The molecule has 0 aliphatic carbocycles. The second-order valence-corrected chi connectivity index (χ2v) is 8.23. The molecule has 0 N–H and O–H groups in total. The normalized spacial score (nSPS) is 19.2. The highest BCUT2D eigenvalue weighted by Crippen LogP contribution is 2.40.